The topological polar surface area (TPSA) is 63.2 Å². The fraction of sp³-hybridized carbons (Fsp3) is 0.400. The number of anilines is 1. The Balaban J connectivity index is 1.58. The summed E-state index contributed by atoms with van der Waals surface area (Å²) in [7, 11) is 1.66. The largest absolute Gasteiger partial charge is 0.384 e. The van der Waals surface area contributed by atoms with Gasteiger partial charge in [0, 0.05) is 35.8 Å². The third kappa shape index (κ3) is 4.84. The number of aromatic nitrogens is 1. The Morgan fingerprint density at radius 1 is 1.27 bits per heavy atom. The predicted octanol–water partition coefficient (Wildman–Crippen LogP) is 3.33. The van der Waals surface area contributed by atoms with E-state index < -0.39 is 5.41 Å². The van der Waals surface area contributed by atoms with Gasteiger partial charge in [-0.05, 0) is 61.8 Å². The number of carbonyl (C=O) groups excluding carboxylic acids is 1. The van der Waals surface area contributed by atoms with Crippen molar-refractivity contribution < 1.29 is 9.53 Å². The van der Waals surface area contributed by atoms with Crippen molar-refractivity contribution in [2.24, 2.45) is 5.41 Å². The normalized spacial score (nSPS) is 16.2. The van der Waals surface area contributed by atoms with Crippen LogP contribution in [-0.4, -0.2) is 37.7 Å². The van der Waals surface area contributed by atoms with Gasteiger partial charge in [-0.3, -0.25) is 9.78 Å². The number of carbonyl (C=O) groups is 1. The lowest BCUT2D eigenvalue weighted by Gasteiger charge is -2.35. The van der Waals surface area contributed by atoms with Crippen LogP contribution in [0.2, 0.25) is 0 Å². The van der Waals surface area contributed by atoms with Crippen molar-refractivity contribution in [1.29, 1.82) is 0 Å². The number of nitrogens with one attached hydrogen (secondary N) is 2. The van der Waals surface area contributed by atoms with Gasteiger partial charge in [0.25, 0.3) is 0 Å². The maximum absolute atomic E-state index is 12.8. The standard InChI is InChI=1S/C20H25N3O2S/c1-25-15-20(8-11-21-12-9-20)19(24)23-17-4-6-18(7-5-17)26-14-16-3-2-10-22-13-16/h2-7,10,13,21H,8-9,11-12,14-15H2,1H3,(H,23,24). The molecule has 1 amide bonds. The molecule has 0 spiro atoms. The van der Waals surface area contributed by atoms with Crippen LogP contribution >= 0.6 is 11.8 Å². The number of hydrogen-bond acceptors (Lipinski definition) is 5. The van der Waals surface area contributed by atoms with E-state index in [0.717, 1.165) is 37.4 Å². The molecule has 1 aliphatic rings. The van der Waals surface area contributed by atoms with Gasteiger partial charge >= 0.3 is 0 Å². The first-order chi connectivity index (χ1) is 12.7. The zero-order valence-corrected chi connectivity index (χ0v) is 15.8. The highest BCUT2D eigenvalue weighted by atomic mass is 32.2. The minimum absolute atomic E-state index is 0.0524. The molecule has 2 aromatic rings. The smallest absolute Gasteiger partial charge is 0.233 e. The molecular formula is C20H25N3O2S. The van der Waals surface area contributed by atoms with Gasteiger partial charge in [0.1, 0.15) is 0 Å². The quantitative estimate of drug-likeness (QED) is 0.731. The van der Waals surface area contributed by atoms with Gasteiger partial charge < -0.3 is 15.4 Å². The van der Waals surface area contributed by atoms with Crippen LogP contribution in [0.4, 0.5) is 5.69 Å². The molecule has 0 saturated carbocycles. The molecule has 2 heterocycles. The lowest BCUT2D eigenvalue weighted by molar-refractivity contribution is -0.130. The van der Waals surface area contributed by atoms with Crippen molar-refractivity contribution in [3.63, 3.8) is 0 Å². The van der Waals surface area contributed by atoms with E-state index in [-0.39, 0.29) is 5.91 Å². The number of pyridine rings is 1. The summed E-state index contributed by atoms with van der Waals surface area (Å²) in [4.78, 5) is 18.1. The second kappa shape index (κ2) is 9.16. The summed E-state index contributed by atoms with van der Waals surface area (Å²) in [5.41, 5.74) is 1.59. The molecule has 5 nitrogen and oxygen atoms in total. The average molecular weight is 372 g/mol. The van der Waals surface area contributed by atoms with Crippen molar-refractivity contribution in [2.45, 2.75) is 23.5 Å². The fourth-order valence-corrected chi connectivity index (χ4v) is 4.00. The van der Waals surface area contributed by atoms with Gasteiger partial charge in [-0.2, -0.15) is 0 Å². The molecule has 0 atom stereocenters. The molecule has 0 bridgehead atoms. The molecule has 6 heteroatoms. The molecule has 26 heavy (non-hydrogen) atoms. The minimum Gasteiger partial charge on any atom is -0.384 e. The minimum atomic E-state index is -0.437. The molecule has 3 rings (SSSR count). The number of piperidine rings is 1. The molecule has 138 valence electrons. The maximum atomic E-state index is 12.8. The molecule has 1 fully saturated rings. The molecule has 0 radical (unpaired) electrons. The van der Waals surface area contributed by atoms with E-state index in [1.807, 2.05) is 36.5 Å². The first-order valence-corrected chi connectivity index (χ1v) is 9.83. The van der Waals surface area contributed by atoms with E-state index in [9.17, 15) is 4.79 Å². The number of benzene rings is 1. The van der Waals surface area contributed by atoms with Crippen LogP contribution in [0.25, 0.3) is 0 Å². The van der Waals surface area contributed by atoms with Gasteiger partial charge in [0.2, 0.25) is 5.91 Å². The zero-order chi connectivity index (χ0) is 18.2. The summed E-state index contributed by atoms with van der Waals surface area (Å²) in [6.45, 7) is 2.15. The van der Waals surface area contributed by atoms with Gasteiger partial charge in [0.05, 0.1) is 12.0 Å². The van der Waals surface area contributed by atoms with E-state index in [1.165, 1.54) is 10.5 Å². The number of methoxy groups -OCH3 is 1. The third-order valence-corrected chi connectivity index (χ3v) is 5.79. The highest BCUT2D eigenvalue weighted by Gasteiger charge is 2.39. The SMILES string of the molecule is COCC1(C(=O)Nc2ccc(SCc3cccnc3)cc2)CCNCC1. The summed E-state index contributed by atoms with van der Waals surface area (Å²) >= 11 is 1.76. The number of amides is 1. The van der Waals surface area contributed by atoms with Gasteiger partial charge in [-0.25, -0.2) is 0 Å². The van der Waals surface area contributed by atoms with Crippen molar-refractivity contribution in [2.75, 3.05) is 32.1 Å². The lowest BCUT2D eigenvalue weighted by atomic mass is 9.78. The number of thioether (sulfide) groups is 1. The Morgan fingerprint density at radius 2 is 2.04 bits per heavy atom. The van der Waals surface area contributed by atoms with Crippen molar-refractivity contribution in [1.82, 2.24) is 10.3 Å². The Morgan fingerprint density at radius 3 is 2.69 bits per heavy atom. The summed E-state index contributed by atoms with van der Waals surface area (Å²) in [5, 5.41) is 6.38. The number of hydrogen-bond donors (Lipinski definition) is 2. The molecule has 2 N–H and O–H groups in total. The van der Waals surface area contributed by atoms with E-state index in [1.54, 1.807) is 25.1 Å². The van der Waals surface area contributed by atoms with Crippen LogP contribution in [-0.2, 0) is 15.3 Å². The second-order valence-corrected chi connectivity index (χ2v) is 7.64. The third-order valence-electron chi connectivity index (χ3n) is 4.70. The first-order valence-electron chi connectivity index (χ1n) is 8.85. The van der Waals surface area contributed by atoms with Crippen LogP contribution in [0.5, 0.6) is 0 Å². The average Bonchev–Trinajstić information content (AvgIpc) is 2.69. The Bertz CT molecular complexity index is 695. The second-order valence-electron chi connectivity index (χ2n) is 6.59. The van der Waals surface area contributed by atoms with E-state index in [0.29, 0.717) is 6.61 Å². The van der Waals surface area contributed by atoms with E-state index in [4.69, 9.17) is 4.74 Å². The van der Waals surface area contributed by atoms with Gasteiger partial charge in [0.15, 0.2) is 0 Å². The lowest BCUT2D eigenvalue weighted by Crippen LogP contribution is -2.47. The fourth-order valence-electron chi connectivity index (χ4n) is 3.17. The Hall–Kier alpha value is -1.89. The van der Waals surface area contributed by atoms with Gasteiger partial charge in [-0.15, -0.1) is 11.8 Å². The first kappa shape index (κ1) is 18.9. The van der Waals surface area contributed by atoms with Crippen molar-refractivity contribution in [3.8, 4) is 0 Å². The molecule has 1 aromatic carbocycles. The summed E-state index contributed by atoms with van der Waals surface area (Å²) < 4.78 is 5.34. The molecule has 1 aliphatic heterocycles. The van der Waals surface area contributed by atoms with Crippen LogP contribution in [0.1, 0.15) is 18.4 Å². The molecular weight excluding hydrogens is 346 g/mol. The van der Waals surface area contributed by atoms with Crippen LogP contribution < -0.4 is 10.6 Å². The summed E-state index contributed by atoms with van der Waals surface area (Å²) in [6.07, 6.45) is 5.26. The van der Waals surface area contributed by atoms with E-state index >= 15 is 0 Å². The van der Waals surface area contributed by atoms with Crippen molar-refractivity contribution >= 4 is 23.4 Å². The van der Waals surface area contributed by atoms with Crippen LogP contribution in [0, 0.1) is 5.41 Å². The highest BCUT2D eigenvalue weighted by molar-refractivity contribution is 7.98. The molecule has 1 aromatic heterocycles. The zero-order valence-electron chi connectivity index (χ0n) is 15.0. The number of rotatable bonds is 7. The molecule has 1 saturated heterocycles. The monoisotopic (exact) mass is 371 g/mol. The van der Waals surface area contributed by atoms with Gasteiger partial charge in [-0.1, -0.05) is 6.07 Å². The van der Waals surface area contributed by atoms with Crippen LogP contribution in [0.3, 0.4) is 0 Å². The maximum Gasteiger partial charge on any atom is 0.233 e. The highest BCUT2D eigenvalue weighted by Crippen LogP contribution is 2.31. The van der Waals surface area contributed by atoms with Crippen molar-refractivity contribution in [3.05, 3.63) is 54.4 Å². The Labute approximate surface area is 158 Å². The molecule has 0 unspecified atom stereocenters. The van der Waals surface area contributed by atoms with E-state index in [2.05, 4.69) is 21.7 Å². The molecule has 0 aliphatic carbocycles. The number of nitrogens with zero attached hydrogens (tertiary/aromatic N) is 1. The summed E-state index contributed by atoms with van der Waals surface area (Å²) in [5.74, 6) is 0.931. The predicted molar refractivity (Wildman–Crippen MR) is 105 cm³/mol. The Kier molecular flexibility index (Phi) is 6.66. The number of ether oxygens (including phenoxy) is 1. The summed E-state index contributed by atoms with van der Waals surface area (Å²) in [6, 6.07) is 12.0. The van der Waals surface area contributed by atoms with Crippen LogP contribution in [0.15, 0.2) is 53.7 Å².